The van der Waals surface area contributed by atoms with Crippen LogP contribution in [0.5, 0.6) is 5.75 Å². The number of aromatic nitrogens is 2. The molecule has 3 rings (SSSR count). The van der Waals surface area contributed by atoms with Gasteiger partial charge in [0.2, 0.25) is 5.82 Å². The van der Waals surface area contributed by atoms with Crippen molar-refractivity contribution < 1.29 is 14.0 Å². The molecular weight excluding hydrogens is 292 g/mol. The summed E-state index contributed by atoms with van der Waals surface area (Å²) in [5, 5.41) is 3.93. The first-order chi connectivity index (χ1) is 11.2. The highest BCUT2D eigenvalue weighted by Gasteiger charge is 2.08. The third-order valence-corrected chi connectivity index (χ3v) is 3.34. The molecule has 0 amide bonds. The summed E-state index contributed by atoms with van der Waals surface area (Å²) >= 11 is 0. The molecule has 0 N–H and O–H groups in total. The Morgan fingerprint density at radius 2 is 1.87 bits per heavy atom. The van der Waals surface area contributed by atoms with Crippen LogP contribution in [0.3, 0.4) is 0 Å². The Morgan fingerprint density at radius 1 is 1.04 bits per heavy atom. The summed E-state index contributed by atoms with van der Waals surface area (Å²) in [5.41, 5.74) is 3.25. The van der Waals surface area contributed by atoms with Crippen molar-refractivity contribution in [1.29, 1.82) is 0 Å². The van der Waals surface area contributed by atoms with Gasteiger partial charge >= 0.3 is 0 Å². The highest BCUT2D eigenvalue weighted by atomic mass is 16.5. The van der Waals surface area contributed by atoms with E-state index in [1.165, 1.54) is 5.56 Å². The molecule has 118 valence electrons. The van der Waals surface area contributed by atoms with Crippen LogP contribution in [0, 0.1) is 6.92 Å². The Labute approximate surface area is 134 Å². The molecule has 5 nitrogen and oxygen atoms in total. The van der Waals surface area contributed by atoms with Crippen molar-refractivity contribution in [1.82, 2.24) is 10.1 Å². The van der Waals surface area contributed by atoms with Gasteiger partial charge in [-0.05, 0) is 36.8 Å². The average Bonchev–Trinajstić information content (AvgIpc) is 3.03. The molecule has 0 bridgehead atoms. The van der Waals surface area contributed by atoms with Crippen LogP contribution in [0.4, 0.5) is 0 Å². The van der Waals surface area contributed by atoms with Crippen molar-refractivity contribution in [2.24, 2.45) is 0 Å². The fourth-order valence-electron chi connectivity index (χ4n) is 2.22. The van der Waals surface area contributed by atoms with Crippen LogP contribution in [0.25, 0.3) is 11.4 Å². The van der Waals surface area contributed by atoms with E-state index < -0.39 is 0 Å². The van der Waals surface area contributed by atoms with Gasteiger partial charge in [-0.3, -0.25) is 0 Å². The number of hydrogen-bond donors (Lipinski definition) is 0. The van der Waals surface area contributed by atoms with Crippen molar-refractivity contribution in [3.8, 4) is 17.1 Å². The van der Waals surface area contributed by atoms with Gasteiger partial charge < -0.3 is 14.0 Å². The Bertz CT molecular complexity index is 766. The molecule has 1 heterocycles. The van der Waals surface area contributed by atoms with E-state index in [1.54, 1.807) is 7.11 Å². The van der Waals surface area contributed by atoms with Crippen LogP contribution in [0.1, 0.15) is 17.0 Å². The first-order valence-electron chi connectivity index (χ1n) is 7.35. The first kappa shape index (κ1) is 15.2. The number of methoxy groups -OCH3 is 1. The minimum Gasteiger partial charge on any atom is -0.489 e. The number of hydrogen-bond acceptors (Lipinski definition) is 5. The van der Waals surface area contributed by atoms with Crippen LogP contribution in [-0.4, -0.2) is 17.3 Å². The molecule has 0 aliphatic carbocycles. The normalized spacial score (nSPS) is 10.7. The summed E-state index contributed by atoms with van der Waals surface area (Å²) in [6.07, 6.45) is 0. The third kappa shape index (κ3) is 3.96. The van der Waals surface area contributed by atoms with Crippen molar-refractivity contribution in [2.75, 3.05) is 7.11 Å². The maximum Gasteiger partial charge on any atom is 0.252 e. The van der Waals surface area contributed by atoms with Gasteiger partial charge in [0.1, 0.15) is 19.0 Å². The molecule has 2 aromatic carbocycles. The summed E-state index contributed by atoms with van der Waals surface area (Å²) in [6.45, 7) is 2.92. The van der Waals surface area contributed by atoms with Gasteiger partial charge in [-0.15, -0.1) is 0 Å². The van der Waals surface area contributed by atoms with Crippen LogP contribution < -0.4 is 4.74 Å². The van der Waals surface area contributed by atoms with Crippen LogP contribution in [0.15, 0.2) is 53.1 Å². The molecular formula is C18H18N2O3. The summed E-state index contributed by atoms with van der Waals surface area (Å²) in [5.74, 6) is 1.81. The van der Waals surface area contributed by atoms with Gasteiger partial charge in [0.15, 0.2) is 0 Å². The Hall–Kier alpha value is -2.66. The molecule has 0 fully saturated rings. The smallest absolute Gasteiger partial charge is 0.252 e. The minimum atomic E-state index is 0.310. The predicted molar refractivity (Wildman–Crippen MR) is 86.0 cm³/mol. The number of nitrogens with zero attached hydrogens (tertiary/aromatic N) is 2. The summed E-state index contributed by atoms with van der Waals surface area (Å²) < 4.78 is 15.8. The zero-order valence-electron chi connectivity index (χ0n) is 13.2. The number of benzene rings is 2. The Balaban J connectivity index is 1.64. The second-order valence-electron chi connectivity index (χ2n) is 5.25. The van der Waals surface area contributed by atoms with Crippen molar-refractivity contribution in [3.63, 3.8) is 0 Å². The molecule has 1 aromatic heterocycles. The van der Waals surface area contributed by atoms with Gasteiger partial charge in [-0.1, -0.05) is 35.0 Å². The topological polar surface area (TPSA) is 57.4 Å². The average molecular weight is 310 g/mol. The lowest BCUT2D eigenvalue weighted by atomic mass is 10.1. The van der Waals surface area contributed by atoms with E-state index in [-0.39, 0.29) is 0 Å². The third-order valence-electron chi connectivity index (χ3n) is 3.34. The number of aryl methyl sites for hydroxylation is 1. The van der Waals surface area contributed by atoms with Crippen molar-refractivity contribution in [3.05, 3.63) is 65.5 Å². The molecule has 23 heavy (non-hydrogen) atoms. The maximum atomic E-state index is 5.80. The van der Waals surface area contributed by atoms with E-state index in [9.17, 15) is 0 Å². The molecule has 0 aliphatic rings. The highest BCUT2D eigenvalue weighted by molar-refractivity contribution is 5.55. The molecule has 0 saturated carbocycles. The van der Waals surface area contributed by atoms with E-state index >= 15 is 0 Å². The lowest BCUT2D eigenvalue weighted by Crippen LogP contribution is -1.95. The van der Waals surface area contributed by atoms with Crippen LogP contribution >= 0.6 is 0 Å². The maximum absolute atomic E-state index is 5.80. The molecule has 0 unspecified atom stereocenters. The van der Waals surface area contributed by atoms with Gasteiger partial charge in [-0.25, -0.2) is 0 Å². The molecule has 3 aromatic rings. The SMILES string of the molecule is COCc1nc(-c2ccc(OCc3cccc(C)c3)cc2)no1. The van der Waals surface area contributed by atoms with Crippen molar-refractivity contribution in [2.45, 2.75) is 20.1 Å². The molecule has 0 radical (unpaired) electrons. The van der Waals surface area contributed by atoms with Gasteiger partial charge in [0.05, 0.1) is 0 Å². The fraction of sp³-hybridized carbons (Fsp3) is 0.222. The molecule has 5 heteroatoms. The first-order valence-corrected chi connectivity index (χ1v) is 7.35. The lowest BCUT2D eigenvalue weighted by molar-refractivity contribution is 0.151. The molecule has 0 aliphatic heterocycles. The fourth-order valence-corrected chi connectivity index (χ4v) is 2.22. The van der Waals surface area contributed by atoms with E-state index in [2.05, 4.69) is 35.3 Å². The summed E-state index contributed by atoms with van der Waals surface area (Å²) in [6, 6.07) is 15.9. The molecule has 0 spiro atoms. The summed E-state index contributed by atoms with van der Waals surface area (Å²) in [4.78, 5) is 4.26. The molecule has 0 atom stereocenters. The van der Waals surface area contributed by atoms with Gasteiger partial charge in [-0.2, -0.15) is 4.98 Å². The zero-order chi connectivity index (χ0) is 16.1. The predicted octanol–water partition coefficient (Wildman–Crippen LogP) is 3.77. The van der Waals surface area contributed by atoms with E-state index in [0.717, 1.165) is 16.9 Å². The second-order valence-corrected chi connectivity index (χ2v) is 5.25. The summed E-state index contributed by atoms with van der Waals surface area (Å²) in [7, 11) is 1.59. The largest absolute Gasteiger partial charge is 0.489 e. The number of ether oxygens (including phenoxy) is 2. The van der Waals surface area contributed by atoms with Crippen molar-refractivity contribution >= 4 is 0 Å². The van der Waals surface area contributed by atoms with E-state index in [1.807, 2.05) is 30.3 Å². The van der Waals surface area contributed by atoms with E-state index in [0.29, 0.717) is 24.9 Å². The van der Waals surface area contributed by atoms with Crippen LogP contribution in [-0.2, 0) is 18.0 Å². The standard InChI is InChI=1S/C18H18N2O3/c1-13-4-3-5-14(10-13)11-22-16-8-6-15(7-9-16)18-19-17(12-21-2)23-20-18/h3-10H,11-12H2,1-2H3. The minimum absolute atomic E-state index is 0.310. The monoisotopic (exact) mass is 310 g/mol. The van der Waals surface area contributed by atoms with Crippen LogP contribution in [0.2, 0.25) is 0 Å². The Kier molecular flexibility index (Phi) is 4.68. The lowest BCUT2D eigenvalue weighted by Gasteiger charge is -2.07. The Morgan fingerprint density at radius 3 is 2.61 bits per heavy atom. The number of rotatable bonds is 6. The van der Waals surface area contributed by atoms with Gasteiger partial charge in [0.25, 0.3) is 5.89 Å². The quantitative estimate of drug-likeness (QED) is 0.693. The molecule has 0 saturated heterocycles. The van der Waals surface area contributed by atoms with E-state index in [4.69, 9.17) is 14.0 Å². The zero-order valence-corrected chi connectivity index (χ0v) is 13.2. The highest BCUT2D eigenvalue weighted by Crippen LogP contribution is 2.21. The van der Waals surface area contributed by atoms with Gasteiger partial charge in [0, 0.05) is 12.7 Å². The second kappa shape index (κ2) is 7.07.